The summed E-state index contributed by atoms with van der Waals surface area (Å²) in [6, 6.07) is 118. The summed E-state index contributed by atoms with van der Waals surface area (Å²) < 4.78 is 0. The molecule has 0 N–H and O–H groups in total. The van der Waals surface area contributed by atoms with Crippen molar-refractivity contribution in [2.75, 3.05) is 19.6 Å². The van der Waals surface area contributed by atoms with Crippen molar-refractivity contribution < 1.29 is 0 Å². The zero-order valence-electron chi connectivity index (χ0n) is 44.0. The van der Waals surface area contributed by atoms with E-state index in [9.17, 15) is 0 Å². The number of hydrogen-bond donors (Lipinski definition) is 0. The molecule has 0 spiro atoms. The van der Waals surface area contributed by atoms with Crippen molar-refractivity contribution in [3.63, 3.8) is 0 Å². The lowest BCUT2D eigenvalue weighted by atomic mass is 10.0. The number of benzene rings is 14. The summed E-state index contributed by atoms with van der Waals surface area (Å²) in [5.74, 6) is 0. The van der Waals surface area contributed by atoms with Crippen LogP contribution in [0.2, 0.25) is 0 Å². The number of rotatable bonds is 13. The highest BCUT2D eigenvalue weighted by molar-refractivity contribution is 6.11. The average Bonchev–Trinajstić information content (AvgIpc) is 3.69. The van der Waals surface area contributed by atoms with Crippen LogP contribution in [0.15, 0.2) is 328 Å². The third-order valence-corrected chi connectivity index (χ3v) is 15.4. The van der Waals surface area contributed by atoms with Crippen LogP contribution in [0.25, 0.3) is 54.2 Å². The minimum atomic E-state index is 1.07. The molecule has 0 saturated carbocycles. The molecule has 0 aliphatic heterocycles. The minimum absolute atomic E-state index is 1.07. The van der Waals surface area contributed by atoms with Gasteiger partial charge in [-0.15, -0.1) is 0 Å². The zero-order valence-corrected chi connectivity index (χ0v) is 44.0. The quantitative estimate of drug-likeness (QED) is 0.114. The molecule has 0 bridgehead atoms. The van der Waals surface area contributed by atoms with Crippen LogP contribution >= 0.6 is 0 Å². The minimum Gasteiger partial charge on any atom is -0.310 e. The first-order valence-electron chi connectivity index (χ1n) is 27.3. The summed E-state index contributed by atoms with van der Waals surface area (Å²) >= 11 is 0. The molecule has 4 heteroatoms. The van der Waals surface area contributed by atoms with Crippen LogP contribution < -0.4 is 19.6 Å². The molecular formula is C76H54N4. The molecule has 0 aliphatic carbocycles. The van der Waals surface area contributed by atoms with Gasteiger partial charge in [0, 0.05) is 66.4 Å². The Hall–Kier alpha value is -10.7. The van der Waals surface area contributed by atoms with E-state index < -0.39 is 0 Å². The molecule has 0 atom stereocenters. The van der Waals surface area contributed by atoms with Crippen molar-refractivity contribution in [3.8, 4) is 11.1 Å². The molecular weight excluding hydrogens is 969 g/mol. The van der Waals surface area contributed by atoms with Crippen LogP contribution in [0.5, 0.6) is 0 Å². The van der Waals surface area contributed by atoms with E-state index in [-0.39, 0.29) is 0 Å². The molecule has 0 amide bonds. The molecule has 14 aromatic carbocycles. The second-order valence-electron chi connectivity index (χ2n) is 20.1. The van der Waals surface area contributed by atoms with Crippen molar-refractivity contribution in [3.05, 3.63) is 328 Å². The Balaban J connectivity index is 0.831. The molecule has 378 valence electrons. The lowest BCUT2D eigenvalue weighted by Gasteiger charge is -2.31. The zero-order chi connectivity index (χ0) is 53.2. The third-order valence-electron chi connectivity index (χ3n) is 15.4. The molecule has 0 aliphatic rings. The molecule has 0 unspecified atom stereocenters. The van der Waals surface area contributed by atoms with Gasteiger partial charge in [-0.1, -0.05) is 218 Å². The molecule has 0 fully saturated rings. The topological polar surface area (TPSA) is 13.0 Å². The van der Waals surface area contributed by atoms with Crippen molar-refractivity contribution in [2.24, 2.45) is 0 Å². The normalized spacial score (nSPS) is 11.2. The summed E-state index contributed by atoms with van der Waals surface area (Å²) in [4.78, 5) is 9.59. The van der Waals surface area contributed by atoms with Gasteiger partial charge < -0.3 is 19.6 Å². The smallest absolute Gasteiger partial charge is 0.0541 e. The van der Waals surface area contributed by atoms with E-state index in [4.69, 9.17) is 0 Å². The Kier molecular flexibility index (Phi) is 12.6. The molecule has 14 rings (SSSR count). The Morgan fingerprint density at radius 2 is 0.362 bits per heavy atom. The number of fused-ring (bicyclic) bond motifs is 4. The van der Waals surface area contributed by atoms with Crippen LogP contribution in [0.4, 0.5) is 68.2 Å². The van der Waals surface area contributed by atoms with Gasteiger partial charge in [0.1, 0.15) is 0 Å². The first kappa shape index (κ1) is 47.7. The summed E-state index contributed by atoms with van der Waals surface area (Å²) in [7, 11) is 0. The van der Waals surface area contributed by atoms with Gasteiger partial charge in [0.05, 0.1) is 34.1 Å². The highest BCUT2D eigenvalue weighted by Crippen LogP contribution is 2.49. The fourth-order valence-electron chi connectivity index (χ4n) is 11.7. The van der Waals surface area contributed by atoms with E-state index >= 15 is 0 Å². The number of para-hydroxylation sites is 4. The van der Waals surface area contributed by atoms with E-state index in [0.29, 0.717) is 0 Å². The highest BCUT2D eigenvalue weighted by atomic mass is 15.2. The molecule has 0 heterocycles. The van der Waals surface area contributed by atoms with Gasteiger partial charge in [-0.25, -0.2) is 0 Å². The standard InChI is InChI=1S/C76H54N4/c1-5-27-59(28-6-1)77(73-51-53-75(69-39-19-17-37-67(69)73)79(61-31-9-3-10-32-61)71-41-21-25-57-23-13-15-35-65(57)71)63-47-43-55(44-48-63)56-45-49-64(50-46-56)78(60-29-7-2-8-30-60)74-52-54-76(70-40-20-18-38-68(70)74)80(62-33-11-4-12-34-62)72-42-22-26-58-24-14-16-36-66(58)72/h1-54H. The van der Waals surface area contributed by atoms with Crippen molar-refractivity contribution in [1.29, 1.82) is 0 Å². The van der Waals surface area contributed by atoms with Gasteiger partial charge in [-0.05, 0) is 131 Å². The lowest BCUT2D eigenvalue weighted by Crippen LogP contribution is -2.13. The van der Waals surface area contributed by atoms with Gasteiger partial charge in [0.15, 0.2) is 0 Å². The Bertz CT molecular complexity index is 4170. The van der Waals surface area contributed by atoms with Crippen LogP contribution in [0.1, 0.15) is 0 Å². The number of anilines is 12. The van der Waals surface area contributed by atoms with Gasteiger partial charge in [0.2, 0.25) is 0 Å². The Morgan fingerprint density at radius 1 is 0.138 bits per heavy atom. The molecule has 0 radical (unpaired) electrons. The number of hydrogen-bond acceptors (Lipinski definition) is 4. The Morgan fingerprint density at radius 3 is 0.688 bits per heavy atom. The van der Waals surface area contributed by atoms with E-state index in [1.165, 1.54) is 21.5 Å². The van der Waals surface area contributed by atoms with E-state index in [1.807, 2.05) is 0 Å². The molecule has 14 aromatic rings. The van der Waals surface area contributed by atoms with Crippen LogP contribution in [0, 0.1) is 0 Å². The lowest BCUT2D eigenvalue weighted by molar-refractivity contribution is 1.28. The van der Waals surface area contributed by atoms with Gasteiger partial charge in [0.25, 0.3) is 0 Å². The van der Waals surface area contributed by atoms with Gasteiger partial charge in [-0.3, -0.25) is 0 Å². The monoisotopic (exact) mass is 1020 g/mol. The maximum Gasteiger partial charge on any atom is 0.0541 e. The van der Waals surface area contributed by atoms with Crippen LogP contribution in [-0.4, -0.2) is 0 Å². The maximum atomic E-state index is 2.41. The van der Waals surface area contributed by atoms with Crippen LogP contribution in [-0.2, 0) is 0 Å². The summed E-state index contributed by atoms with van der Waals surface area (Å²) in [5, 5.41) is 9.42. The van der Waals surface area contributed by atoms with Crippen LogP contribution in [0.3, 0.4) is 0 Å². The largest absolute Gasteiger partial charge is 0.310 e. The first-order valence-corrected chi connectivity index (χ1v) is 27.3. The predicted molar refractivity (Wildman–Crippen MR) is 341 cm³/mol. The van der Waals surface area contributed by atoms with E-state index in [2.05, 4.69) is 347 Å². The summed E-state index contributed by atoms with van der Waals surface area (Å²) in [6.07, 6.45) is 0. The maximum absolute atomic E-state index is 2.41. The van der Waals surface area contributed by atoms with Crippen molar-refractivity contribution >= 4 is 111 Å². The predicted octanol–water partition coefficient (Wildman–Crippen LogP) is 21.8. The SMILES string of the molecule is c1ccc(N(c2ccc(-c3ccc(N(c4ccccc4)c4ccc(N(c5ccccc5)c5cccc6ccccc56)c5ccccc45)cc3)cc2)c2ccc(N(c3ccccc3)c3cccc4ccccc34)c3ccccc23)cc1. The van der Waals surface area contributed by atoms with Crippen molar-refractivity contribution in [2.45, 2.75) is 0 Å². The third kappa shape index (κ3) is 8.81. The average molecular weight is 1020 g/mol. The van der Waals surface area contributed by atoms with E-state index in [0.717, 1.165) is 101 Å². The second kappa shape index (κ2) is 21.0. The van der Waals surface area contributed by atoms with E-state index in [1.54, 1.807) is 0 Å². The molecule has 4 nitrogen and oxygen atoms in total. The fraction of sp³-hybridized carbons (Fsp3) is 0. The molecule has 0 saturated heterocycles. The first-order chi connectivity index (χ1) is 39.7. The molecule has 0 aromatic heterocycles. The summed E-state index contributed by atoms with van der Waals surface area (Å²) in [5.41, 5.74) is 15.5. The van der Waals surface area contributed by atoms with Gasteiger partial charge >= 0.3 is 0 Å². The molecule has 80 heavy (non-hydrogen) atoms. The second-order valence-corrected chi connectivity index (χ2v) is 20.1. The number of nitrogens with zero attached hydrogens (tertiary/aromatic N) is 4. The van der Waals surface area contributed by atoms with Crippen molar-refractivity contribution in [1.82, 2.24) is 0 Å². The Labute approximate surface area is 467 Å². The van der Waals surface area contributed by atoms with Gasteiger partial charge in [-0.2, -0.15) is 0 Å². The summed E-state index contributed by atoms with van der Waals surface area (Å²) in [6.45, 7) is 0. The fourth-order valence-corrected chi connectivity index (χ4v) is 11.7. The highest BCUT2D eigenvalue weighted by Gasteiger charge is 2.24.